The molecule has 0 unspecified atom stereocenters. The minimum Gasteiger partial charge on any atom is -0.337 e. The summed E-state index contributed by atoms with van der Waals surface area (Å²) < 4.78 is 1.58. The maximum absolute atomic E-state index is 11.9. The first-order valence-corrected chi connectivity index (χ1v) is 8.92. The molecule has 0 bridgehead atoms. The van der Waals surface area contributed by atoms with Crippen LogP contribution < -0.4 is 15.5 Å². The Morgan fingerprint density at radius 3 is 2.76 bits per heavy atom. The number of carbonyl (C=O) groups is 2. The molecular weight excluding hydrogens is 342 g/mol. The van der Waals surface area contributed by atoms with Crippen LogP contribution in [0.2, 0.25) is 0 Å². The molecule has 1 aromatic heterocycles. The maximum Gasteiger partial charge on any atom is 0.319 e. The summed E-state index contributed by atoms with van der Waals surface area (Å²) in [6.07, 6.45) is 1.49. The molecule has 0 aliphatic carbocycles. The molecule has 0 spiro atoms. The van der Waals surface area contributed by atoms with Crippen LogP contribution >= 0.6 is 11.8 Å². The van der Waals surface area contributed by atoms with Crippen molar-refractivity contribution in [2.75, 3.05) is 29.1 Å². The molecule has 0 radical (unpaired) electrons. The first kappa shape index (κ1) is 17.2. The SMILES string of the molecule is Cn1nnnc1SCCNC(=O)Nc1ccc(N2CCCC2=O)cc1. The Labute approximate surface area is 149 Å². The van der Waals surface area contributed by atoms with Gasteiger partial charge in [0.05, 0.1) is 0 Å². The highest BCUT2D eigenvalue weighted by Gasteiger charge is 2.21. The molecule has 2 N–H and O–H groups in total. The van der Waals surface area contributed by atoms with Gasteiger partial charge in [0.25, 0.3) is 0 Å². The van der Waals surface area contributed by atoms with E-state index in [0.29, 0.717) is 29.6 Å². The topological polar surface area (TPSA) is 105 Å². The quantitative estimate of drug-likeness (QED) is 0.593. The zero-order valence-corrected chi connectivity index (χ0v) is 14.6. The lowest BCUT2D eigenvalue weighted by molar-refractivity contribution is -0.117. The third kappa shape index (κ3) is 4.47. The van der Waals surface area contributed by atoms with Gasteiger partial charge in [0, 0.05) is 43.7 Å². The number of aryl methyl sites for hydroxylation is 1. The Morgan fingerprint density at radius 2 is 2.12 bits per heavy atom. The van der Waals surface area contributed by atoms with Crippen molar-refractivity contribution < 1.29 is 9.59 Å². The number of nitrogens with zero attached hydrogens (tertiary/aromatic N) is 5. The van der Waals surface area contributed by atoms with Crippen LogP contribution in [0.15, 0.2) is 29.4 Å². The van der Waals surface area contributed by atoms with E-state index in [4.69, 9.17) is 0 Å². The number of urea groups is 1. The van der Waals surface area contributed by atoms with Crippen molar-refractivity contribution in [1.29, 1.82) is 0 Å². The summed E-state index contributed by atoms with van der Waals surface area (Å²) in [6, 6.07) is 6.99. The summed E-state index contributed by atoms with van der Waals surface area (Å²) in [5.74, 6) is 0.812. The van der Waals surface area contributed by atoms with E-state index in [9.17, 15) is 9.59 Å². The third-order valence-corrected chi connectivity index (χ3v) is 4.72. The molecule has 10 heteroatoms. The van der Waals surface area contributed by atoms with E-state index in [0.717, 1.165) is 18.7 Å². The first-order valence-electron chi connectivity index (χ1n) is 7.94. The number of amides is 3. The molecule has 0 saturated carbocycles. The molecule has 1 fully saturated rings. The van der Waals surface area contributed by atoms with Gasteiger partial charge >= 0.3 is 6.03 Å². The molecule has 3 amide bonds. The van der Waals surface area contributed by atoms with Gasteiger partial charge in [0.1, 0.15) is 0 Å². The highest BCUT2D eigenvalue weighted by atomic mass is 32.2. The van der Waals surface area contributed by atoms with Gasteiger partial charge in [-0.25, -0.2) is 9.48 Å². The van der Waals surface area contributed by atoms with E-state index < -0.39 is 0 Å². The van der Waals surface area contributed by atoms with Gasteiger partial charge in [0.2, 0.25) is 11.1 Å². The fourth-order valence-electron chi connectivity index (χ4n) is 2.47. The van der Waals surface area contributed by atoms with Gasteiger partial charge in [-0.3, -0.25) is 4.79 Å². The number of tetrazole rings is 1. The van der Waals surface area contributed by atoms with Crippen molar-refractivity contribution in [3.8, 4) is 0 Å². The standard InChI is InChI=1S/C15H19N7O2S/c1-21-15(18-19-20-21)25-10-8-16-14(24)17-11-4-6-12(7-5-11)22-9-2-3-13(22)23/h4-7H,2-3,8-10H2,1H3,(H2,16,17,24). The second-order valence-electron chi connectivity index (χ2n) is 5.51. The number of hydrogen-bond donors (Lipinski definition) is 2. The highest BCUT2D eigenvalue weighted by molar-refractivity contribution is 7.99. The van der Waals surface area contributed by atoms with Gasteiger partial charge in [-0.05, 0) is 41.1 Å². The van der Waals surface area contributed by atoms with Gasteiger partial charge < -0.3 is 15.5 Å². The van der Waals surface area contributed by atoms with Crippen LogP contribution in [-0.4, -0.2) is 51.0 Å². The number of aromatic nitrogens is 4. The summed E-state index contributed by atoms with van der Waals surface area (Å²) in [4.78, 5) is 25.4. The van der Waals surface area contributed by atoms with E-state index in [1.54, 1.807) is 28.8 Å². The molecule has 0 atom stereocenters. The summed E-state index contributed by atoms with van der Waals surface area (Å²) in [5.41, 5.74) is 1.54. The van der Waals surface area contributed by atoms with Crippen LogP contribution in [0.1, 0.15) is 12.8 Å². The molecule has 9 nitrogen and oxygen atoms in total. The summed E-state index contributed by atoms with van der Waals surface area (Å²) in [5, 5.41) is 17.4. The fraction of sp³-hybridized carbons (Fsp3) is 0.400. The van der Waals surface area contributed by atoms with Crippen LogP contribution in [0.25, 0.3) is 0 Å². The van der Waals surface area contributed by atoms with Crippen LogP contribution in [0.3, 0.4) is 0 Å². The van der Waals surface area contributed by atoms with E-state index in [-0.39, 0.29) is 11.9 Å². The maximum atomic E-state index is 11.9. The minimum atomic E-state index is -0.276. The molecular formula is C15H19N7O2S. The Bertz CT molecular complexity index is 747. The number of thioether (sulfide) groups is 1. The second kappa shape index (κ2) is 7.97. The van der Waals surface area contributed by atoms with Crippen LogP contribution in [0.5, 0.6) is 0 Å². The lowest BCUT2D eigenvalue weighted by Gasteiger charge is -2.16. The zero-order chi connectivity index (χ0) is 17.6. The normalized spacial score (nSPS) is 14.0. The Kier molecular flexibility index (Phi) is 5.49. The average molecular weight is 361 g/mol. The first-order chi connectivity index (χ1) is 12.1. The molecule has 25 heavy (non-hydrogen) atoms. The molecule has 2 aromatic rings. The summed E-state index contributed by atoms with van der Waals surface area (Å²) in [6.45, 7) is 1.24. The van der Waals surface area contributed by atoms with Crippen molar-refractivity contribution in [1.82, 2.24) is 25.5 Å². The summed E-state index contributed by atoms with van der Waals surface area (Å²) >= 11 is 1.47. The number of benzene rings is 1. The van der Waals surface area contributed by atoms with E-state index in [2.05, 4.69) is 26.2 Å². The number of hydrogen-bond acceptors (Lipinski definition) is 6. The van der Waals surface area contributed by atoms with Crippen molar-refractivity contribution in [2.24, 2.45) is 7.05 Å². The number of anilines is 2. The number of carbonyl (C=O) groups excluding carboxylic acids is 2. The van der Waals surface area contributed by atoms with Gasteiger partial charge in [-0.15, -0.1) is 5.10 Å². The van der Waals surface area contributed by atoms with Crippen molar-refractivity contribution in [3.63, 3.8) is 0 Å². The lowest BCUT2D eigenvalue weighted by atomic mass is 10.2. The minimum absolute atomic E-state index is 0.147. The Hall–Kier alpha value is -2.62. The van der Waals surface area contributed by atoms with Gasteiger partial charge in [-0.2, -0.15) is 0 Å². The van der Waals surface area contributed by atoms with Gasteiger partial charge in [-0.1, -0.05) is 11.8 Å². The van der Waals surface area contributed by atoms with Crippen LogP contribution in [0, 0.1) is 0 Å². The van der Waals surface area contributed by atoms with E-state index in [1.807, 2.05) is 12.1 Å². The predicted molar refractivity (Wildman–Crippen MR) is 94.6 cm³/mol. The van der Waals surface area contributed by atoms with Crippen LogP contribution in [0.4, 0.5) is 16.2 Å². The predicted octanol–water partition coefficient (Wildman–Crippen LogP) is 1.25. The third-order valence-electron chi connectivity index (χ3n) is 3.71. The summed E-state index contributed by atoms with van der Waals surface area (Å²) in [7, 11) is 1.77. The van der Waals surface area contributed by atoms with E-state index in [1.165, 1.54) is 11.8 Å². The monoisotopic (exact) mass is 361 g/mol. The van der Waals surface area contributed by atoms with E-state index >= 15 is 0 Å². The molecule has 2 heterocycles. The zero-order valence-electron chi connectivity index (χ0n) is 13.8. The van der Waals surface area contributed by atoms with Crippen LogP contribution in [-0.2, 0) is 11.8 Å². The molecule has 1 aliphatic rings. The highest BCUT2D eigenvalue weighted by Crippen LogP contribution is 2.22. The van der Waals surface area contributed by atoms with Crippen molar-refractivity contribution >= 4 is 35.1 Å². The molecule has 1 aliphatic heterocycles. The number of rotatable bonds is 6. The Balaban J connectivity index is 1.41. The largest absolute Gasteiger partial charge is 0.337 e. The molecule has 3 rings (SSSR count). The van der Waals surface area contributed by atoms with Crippen molar-refractivity contribution in [3.05, 3.63) is 24.3 Å². The smallest absolute Gasteiger partial charge is 0.319 e. The molecule has 132 valence electrons. The molecule has 1 saturated heterocycles. The second-order valence-corrected chi connectivity index (χ2v) is 6.57. The van der Waals surface area contributed by atoms with Gasteiger partial charge in [0.15, 0.2) is 0 Å². The number of nitrogens with one attached hydrogen (secondary N) is 2. The fourth-order valence-corrected chi connectivity index (χ4v) is 3.18. The molecule has 1 aromatic carbocycles. The average Bonchev–Trinajstić information content (AvgIpc) is 3.21. The Morgan fingerprint density at radius 1 is 1.32 bits per heavy atom. The lowest BCUT2D eigenvalue weighted by Crippen LogP contribution is -2.30. The van der Waals surface area contributed by atoms with Crippen molar-refractivity contribution in [2.45, 2.75) is 18.0 Å².